The summed E-state index contributed by atoms with van der Waals surface area (Å²) in [6.07, 6.45) is 0. The zero-order chi connectivity index (χ0) is 15.7. The Bertz CT molecular complexity index is 914. The average molecular weight is 333 g/mol. The minimum Gasteiger partial charge on any atom is -0.322 e. The van der Waals surface area contributed by atoms with Crippen molar-refractivity contribution in [3.63, 3.8) is 0 Å². The Labute approximate surface area is 136 Å². The fourth-order valence-electron chi connectivity index (χ4n) is 2.28. The quantitative estimate of drug-likeness (QED) is 0.788. The SMILES string of the molecule is CCn1c(=O)sc2cc(NC(=O)c3cccc(Cl)c3)ccc21. The standard InChI is InChI=1S/C16H13ClN2O2S/c1-2-19-13-7-6-12(9-14(13)22-16(19)21)18-15(20)10-4-3-5-11(17)8-10/h3-9H,2H2,1H3,(H,18,20). The second-order valence-corrected chi connectivity index (χ2v) is 6.19. The van der Waals surface area contributed by atoms with E-state index >= 15 is 0 Å². The Balaban J connectivity index is 1.91. The van der Waals surface area contributed by atoms with E-state index in [-0.39, 0.29) is 10.8 Å². The van der Waals surface area contributed by atoms with Crippen molar-refractivity contribution in [3.8, 4) is 0 Å². The van der Waals surface area contributed by atoms with Crippen molar-refractivity contribution in [3.05, 3.63) is 62.7 Å². The molecule has 0 bridgehead atoms. The van der Waals surface area contributed by atoms with Crippen LogP contribution in [0.2, 0.25) is 5.02 Å². The lowest BCUT2D eigenvalue weighted by molar-refractivity contribution is 0.102. The predicted molar refractivity (Wildman–Crippen MR) is 91.2 cm³/mol. The molecule has 22 heavy (non-hydrogen) atoms. The first-order valence-corrected chi connectivity index (χ1v) is 7.98. The third-order valence-corrected chi connectivity index (χ3v) is 4.51. The summed E-state index contributed by atoms with van der Waals surface area (Å²) in [6, 6.07) is 12.2. The number of hydrogen-bond acceptors (Lipinski definition) is 3. The molecule has 0 aliphatic heterocycles. The van der Waals surface area contributed by atoms with Crippen LogP contribution < -0.4 is 10.2 Å². The molecule has 0 fully saturated rings. The van der Waals surface area contributed by atoms with Gasteiger partial charge in [-0.25, -0.2) is 0 Å². The number of fused-ring (bicyclic) bond motifs is 1. The van der Waals surface area contributed by atoms with Gasteiger partial charge in [0.1, 0.15) is 0 Å². The van der Waals surface area contributed by atoms with Gasteiger partial charge in [0.25, 0.3) is 5.91 Å². The summed E-state index contributed by atoms with van der Waals surface area (Å²) in [7, 11) is 0. The number of benzene rings is 2. The summed E-state index contributed by atoms with van der Waals surface area (Å²) in [5, 5.41) is 3.34. The van der Waals surface area contributed by atoms with Gasteiger partial charge in [0.05, 0.1) is 10.2 Å². The fraction of sp³-hybridized carbons (Fsp3) is 0.125. The topological polar surface area (TPSA) is 51.1 Å². The summed E-state index contributed by atoms with van der Waals surface area (Å²) in [5.41, 5.74) is 2.03. The molecule has 0 aliphatic carbocycles. The van der Waals surface area contributed by atoms with E-state index in [9.17, 15) is 9.59 Å². The molecule has 1 aromatic heterocycles. The van der Waals surface area contributed by atoms with E-state index in [1.807, 2.05) is 19.1 Å². The van der Waals surface area contributed by atoms with Gasteiger partial charge < -0.3 is 5.32 Å². The average Bonchev–Trinajstić information content (AvgIpc) is 2.81. The second-order valence-electron chi connectivity index (χ2n) is 4.76. The van der Waals surface area contributed by atoms with Crippen molar-refractivity contribution >= 4 is 44.7 Å². The predicted octanol–water partition coefficient (Wildman–Crippen LogP) is 3.99. The van der Waals surface area contributed by atoms with Crippen LogP contribution in [0.3, 0.4) is 0 Å². The van der Waals surface area contributed by atoms with Gasteiger partial charge in [-0.05, 0) is 43.3 Å². The molecule has 0 spiro atoms. The lowest BCUT2D eigenvalue weighted by Crippen LogP contribution is -2.12. The van der Waals surface area contributed by atoms with Crippen LogP contribution in [0.15, 0.2) is 47.3 Å². The van der Waals surface area contributed by atoms with Crippen molar-refractivity contribution in [2.75, 3.05) is 5.32 Å². The molecule has 0 atom stereocenters. The molecule has 0 aliphatic rings. The number of halogens is 1. The van der Waals surface area contributed by atoms with E-state index < -0.39 is 0 Å². The smallest absolute Gasteiger partial charge is 0.308 e. The molecule has 1 amide bonds. The van der Waals surface area contributed by atoms with Crippen LogP contribution in [0.4, 0.5) is 5.69 Å². The van der Waals surface area contributed by atoms with Gasteiger partial charge in [-0.1, -0.05) is 29.0 Å². The highest BCUT2D eigenvalue weighted by Gasteiger charge is 2.10. The number of hydrogen-bond donors (Lipinski definition) is 1. The van der Waals surface area contributed by atoms with Crippen molar-refractivity contribution in [1.29, 1.82) is 0 Å². The van der Waals surface area contributed by atoms with Crippen molar-refractivity contribution < 1.29 is 4.79 Å². The Hall–Kier alpha value is -2.11. The van der Waals surface area contributed by atoms with Gasteiger partial charge in [-0.3, -0.25) is 14.2 Å². The molecule has 3 aromatic rings. The van der Waals surface area contributed by atoms with Crippen LogP contribution in [-0.4, -0.2) is 10.5 Å². The maximum Gasteiger partial charge on any atom is 0.308 e. The van der Waals surface area contributed by atoms with Crippen LogP contribution in [0.5, 0.6) is 0 Å². The van der Waals surface area contributed by atoms with E-state index in [1.54, 1.807) is 34.9 Å². The Kier molecular flexibility index (Phi) is 4.00. The first-order chi connectivity index (χ1) is 10.6. The number of rotatable bonds is 3. The zero-order valence-corrected chi connectivity index (χ0v) is 13.4. The van der Waals surface area contributed by atoms with E-state index in [2.05, 4.69) is 5.32 Å². The van der Waals surface area contributed by atoms with Crippen LogP contribution in [-0.2, 0) is 6.54 Å². The van der Waals surface area contributed by atoms with E-state index in [4.69, 9.17) is 11.6 Å². The molecule has 1 N–H and O–H groups in total. The van der Waals surface area contributed by atoms with Crippen LogP contribution in [0.25, 0.3) is 10.2 Å². The summed E-state index contributed by atoms with van der Waals surface area (Å²) in [5.74, 6) is -0.232. The molecule has 3 rings (SSSR count). The maximum absolute atomic E-state index is 12.2. The van der Waals surface area contributed by atoms with Gasteiger partial charge in [0.15, 0.2) is 0 Å². The zero-order valence-electron chi connectivity index (χ0n) is 11.8. The third-order valence-electron chi connectivity index (χ3n) is 3.33. The van der Waals surface area contributed by atoms with Gasteiger partial charge >= 0.3 is 4.87 Å². The molecule has 0 unspecified atom stereocenters. The van der Waals surface area contributed by atoms with Gasteiger partial charge in [-0.15, -0.1) is 0 Å². The molecular formula is C16H13ClN2O2S. The highest BCUT2D eigenvalue weighted by molar-refractivity contribution is 7.16. The van der Waals surface area contributed by atoms with Gasteiger partial charge in [-0.2, -0.15) is 0 Å². The fourth-order valence-corrected chi connectivity index (χ4v) is 3.46. The number of amides is 1. The summed E-state index contributed by atoms with van der Waals surface area (Å²) in [4.78, 5) is 24.0. The Morgan fingerprint density at radius 3 is 2.82 bits per heavy atom. The lowest BCUT2D eigenvalue weighted by atomic mass is 10.2. The number of nitrogens with one attached hydrogen (secondary N) is 1. The second kappa shape index (κ2) is 5.94. The minimum absolute atomic E-state index is 0.0100. The number of thiazole rings is 1. The largest absolute Gasteiger partial charge is 0.322 e. The number of anilines is 1. The van der Waals surface area contributed by atoms with Crippen molar-refractivity contribution in [2.24, 2.45) is 0 Å². The highest BCUT2D eigenvalue weighted by Crippen LogP contribution is 2.22. The Morgan fingerprint density at radius 2 is 2.09 bits per heavy atom. The Morgan fingerprint density at radius 1 is 1.27 bits per heavy atom. The minimum atomic E-state index is -0.232. The highest BCUT2D eigenvalue weighted by atomic mass is 35.5. The van der Waals surface area contributed by atoms with Gasteiger partial charge in [0, 0.05) is 22.8 Å². The molecule has 0 saturated heterocycles. The van der Waals surface area contributed by atoms with E-state index in [0.29, 0.717) is 22.8 Å². The van der Waals surface area contributed by atoms with Gasteiger partial charge in [0.2, 0.25) is 0 Å². The molecule has 0 radical (unpaired) electrons. The molecule has 112 valence electrons. The first kappa shape index (κ1) is 14.8. The van der Waals surface area contributed by atoms with Crippen LogP contribution in [0, 0.1) is 0 Å². The third kappa shape index (κ3) is 2.77. The molecular weight excluding hydrogens is 320 g/mol. The molecule has 1 heterocycles. The number of aromatic nitrogens is 1. The molecule has 6 heteroatoms. The summed E-state index contributed by atoms with van der Waals surface area (Å²) >= 11 is 7.07. The van der Waals surface area contributed by atoms with E-state index in [1.165, 1.54) is 11.3 Å². The van der Waals surface area contributed by atoms with Crippen molar-refractivity contribution in [2.45, 2.75) is 13.5 Å². The molecule has 0 saturated carbocycles. The monoisotopic (exact) mass is 332 g/mol. The molecule has 4 nitrogen and oxygen atoms in total. The number of aryl methyl sites for hydroxylation is 1. The molecule has 2 aromatic carbocycles. The van der Waals surface area contributed by atoms with Crippen LogP contribution >= 0.6 is 22.9 Å². The maximum atomic E-state index is 12.2. The van der Waals surface area contributed by atoms with Crippen LogP contribution in [0.1, 0.15) is 17.3 Å². The van der Waals surface area contributed by atoms with Crippen molar-refractivity contribution in [1.82, 2.24) is 4.57 Å². The summed E-state index contributed by atoms with van der Waals surface area (Å²) in [6.45, 7) is 2.56. The number of nitrogens with zero attached hydrogens (tertiary/aromatic N) is 1. The number of carbonyl (C=O) groups is 1. The lowest BCUT2D eigenvalue weighted by Gasteiger charge is -2.06. The summed E-state index contributed by atoms with van der Waals surface area (Å²) < 4.78 is 2.57. The normalized spacial score (nSPS) is 10.8. The van der Waals surface area contributed by atoms with E-state index in [0.717, 1.165) is 10.2 Å². The number of carbonyl (C=O) groups excluding carboxylic acids is 1. The first-order valence-electron chi connectivity index (χ1n) is 6.79.